The molecule has 1 aromatic heterocycles. The first-order chi connectivity index (χ1) is 18.0. The van der Waals surface area contributed by atoms with Crippen LogP contribution in [0.5, 0.6) is 11.5 Å². The summed E-state index contributed by atoms with van der Waals surface area (Å²) < 4.78 is 6.54. The molecule has 1 unspecified atom stereocenters. The number of para-hydroxylation sites is 2. The second-order valence-electron chi connectivity index (χ2n) is 11.7. The fourth-order valence-electron chi connectivity index (χ4n) is 7.94. The Morgan fingerprint density at radius 1 is 1.14 bits per heavy atom. The van der Waals surface area contributed by atoms with Crippen LogP contribution >= 0.6 is 0 Å². The third-order valence-corrected chi connectivity index (χ3v) is 9.76. The zero-order valence-electron chi connectivity index (χ0n) is 20.6. The van der Waals surface area contributed by atoms with E-state index in [-0.39, 0.29) is 29.4 Å². The van der Waals surface area contributed by atoms with Crippen LogP contribution in [0.15, 0.2) is 42.6 Å². The van der Waals surface area contributed by atoms with Crippen molar-refractivity contribution in [1.82, 2.24) is 20.2 Å². The summed E-state index contributed by atoms with van der Waals surface area (Å²) in [6.07, 6.45) is 6.26. The van der Waals surface area contributed by atoms with Crippen molar-refractivity contribution in [2.24, 2.45) is 5.92 Å². The van der Waals surface area contributed by atoms with E-state index in [4.69, 9.17) is 4.74 Å². The number of likely N-dealkylation sites (tertiary alicyclic amines) is 1. The van der Waals surface area contributed by atoms with E-state index in [1.807, 2.05) is 30.3 Å². The number of benzene rings is 2. The van der Waals surface area contributed by atoms with E-state index >= 15 is 0 Å². The van der Waals surface area contributed by atoms with Gasteiger partial charge in [0.15, 0.2) is 11.5 Å². The quantitative estimate of drug-likeness (QED) is 0.508. The number of fused-ring (bicyclic) bond motifs is 1. The standard InChI is InChI=1S/C29H30N4O4/c34-22-8-7-17-13-23-29(36)10-9-20(32-27(35)21-14-30-18-3-1-2-4-19(18)31-21)26-28(29,24(17)25(22)37-26)11-12-33(23)15-16-5-6-16/h1-4,7-8,14,16,20,23,26,34,36H,5-6,9-13,15H2,(H,32,35)/t20-,23?,26+,28+,29-/m1/s1. The van der Waals surface area contributed by atoms with Gasteiger partial charge in [-0.1, -0.05) is 18.2 Å². The first-order valence-corrected chi connectivity index (χ1v) is 13.5. The third kappa shape index (κ3) is 2.88. The van der Waals surface area contributed by atoms with Gasteiger partial charge >= 0.3 is 0 Å². The molecule has 3 aliphatic carbocycles. The van der Waals surface area contributed by atoms with Gasteiger partial charge in [-0.3, -0.25) is 14.7 Å². The maximum absolute atomic E-state index is 13.4. The molecular formula is C29H30N4O4. The molecule has 3 heterocycles. The van der Waals surface area contributed by atoms with Crippen LogP contribution < -0.4 is 10.1 Å². The molecule has 3 N–H and O–H groups in total. The van der Waals surface area contributed by atoms with Gasteiger partial charge in [0.25, 0.3) is 5.91 Å². The number of hydrogen-bond donors (Lipinski definition) is 3. The normalized spacial score (nSPS) is 33.6. The van der Waals surface area contributed by atoms with Gasteiger partial charge in [0.05, 0.1) is 34.3 Å². The number of phenols is 1. The number of hydrogen-bond acceptors (Lipinski definition) is 7. The molecule has 0 radical (unpaired) electrons. The Morgan fingerprint density at radius 2 is 1.97 bits per heavy atom. The Hall–Kier alpha value is -3.23. The molecule has 2 aromatic carbocycles. The van der Waals surface area contributed by atoms with Crippen molar-refractivity contribution in [3.63, 3.8) is 0 Å². The molecule has 2 saturated carbocycles. The minimum atomic E-state index is -0.971. The summed E-state index contributed by atoms with van der Waals surface area (Å²) >= 11 is 0. The van der Waals surface area contributed by atoms with Crippen LogP contribution in [0, 0.1) is 5.92 Å². The average Bonchev–Trinajstić information content (AvgIpc) is 3.65. The van der Waals surface area contributed by atoms with Gasteiger partial charge in [0.2, 0.25) is 0 Å². The summed E-state index contributed by atoms with van der Waals surface area (Å²) in [6, 6.07) is 10.9. The van der Waals surface area contributed by atoms with E-state index in [9.17, 15) is 15.0 Å². The first kappa shape index (κ1) is 21.8. The van der Waals surface area contributed by atoms with Gasteiger partial charge < -0.3 is 20.3 Å². The maximum Gasteiger partial charge on any atom is 0.271 e. The highest BCUT2D eigenvalue weighted by Crippen LogP contribution is 2.65. The fourth-order valence-corrected chi connectivity index (χ4v) is 7.94. The molecule has 1 spiro atoms. The fraction of sp³-hybridized carbons (Fsp3) is 0.483. The Morgan fingerprint density at radius 3 is 2.81 bits per heavy atom. The molecule has 8 rings (SSSR count). The lowest BCUT2D eigenvalue weighted by Crippen LogP contribution is -2.78. The number of nitrogens with zero attached hydrogens (tertiary/aromatic N) is 3. The lowest BCUT2D eigenvalue weighted by molar-refractivity contribution is -0.191. The Balaban J connectivity index is 1.17. The van der Waals surface area contributed by atoms with Crippen LogP contribution in [0.2, 0.25) is 0 Å². The lowest BCUT2D eigenvalue weighted by atomic mass is 9.48. The highest BCUT2D eigenvalue weighted by Gasteiger charge is 2.73. The van der Waals surface area contributed by atoms with Gasteiger partial charge in [-0.15, -0.1) is 0 Å². The number of piperidine rings is 1. The third-order valence-electron chi connectivity index (χ3n) is 9.76. The van der Waals surface area contributed by atoms with Crippen molar-refractivity contribution in [1.29, 1.82) is 0 Å². The van der Waals surface area contributed by atoms with Gasteiger partial charge in [-0.05, 0) is 74.8 Å². The van der Waals surface area contributed by atoms with Gasteiger partial charge in [0.1, 0.15) is 11.8 Å². The average molecular weight is 499 g/mol. The predicted molar refractivity (Wildman–Crippen MR) is 136 cm³/mol. The van der Waals surface area contributed by atoms with Crippen molar-refractivity contribution >= 4 is 16.9 Å². The second-order valence-corrected chi connectivity index (χ2v) is 11.7. The number of nitrogens with one attached hydrogen (secondary N) is 1. The summed E-state index contributed by atoms with van der Waals surface area (Å²) in [5.41, 5.74) is 2.15. The van der Waals surface area contributed by atoms with E-state index in [0.29, 0.717) is 24.1 Å². The predicted octanol–water partition coefficient (Wildman–Crippen LogP) is 2.70. The summed E-state index contributed by atoms with van der Waals surface area (Å²) in [7, 11) is 0. The van der Waals surface area contributed by atoms with E-state index in [0.717, 1.165) is 48.5 Å². The van der Waals surface area contributed by atoms with Crippen LogP contribution in [-0.2, 0) is 11.8 Å². The smallest absolute Gasteiger partial charge is 0.271 e. The van der Waals surface area contributed by atoms with Gasteiger partial charge in [0, 0.05) is 18.2 Å². The molecule has 2 aliphatic heterocycles. The zero-order valence-corrected chi connectivity index (χ0v) is 20.6. The minimum absolute atomic E-state index is 0.0129. The van der Waals surface area contributed by atoms with Crippen LogP contribution in [0.3, 0.4) is 0 Å². The number of ether oxygens (including phenoxy) is 1. The van der Waals surface area contributed by atoms with Crippen molar-refractivity contribution < 1.29 is 19.7 Å². The minimum Gasteiger partial charge on any atom is -0.504 e. The summed E-state index contributed by atoms with van der Waals surface area (Å²) in [5, 5.41) is 26.5. The van der Waals surface area contributed by atoms with Crippen LogP contribution in [0.1, 0.15) is 53.7 Å². The number of carbonyl (C=O) groups excluding carboxylic acids is 1. The zero-order chi connectivity index (χ0) is 24.9. The highest BCUT2D eigenvalue weighted by atomic mass is 16.5. The van der Waals surface area contributed by atoms with Gasteiger partial charge in [-0.2, -0.15) is 0 Å². The number of amides is 1. The molecule has 3 fully saturated rings. The number of phenolic OH excluding ortho intramolecular Hbond substituents is 1. The summed E-state index contributed by atoms with van der Waals surface area (Å²) in [6.45, 7) is 1.92. The molecule has 1 saturated heterocycles. The number of aromatic nitrogens is 2. The Kier molecular flexibility index (Phi) is 4.37. The molecule has 3 aromatic rings. The number of rotatable bonds is 4. The Bertz CT molecular complexity index is 1460. The molecule has 1 amide bonds. The van der Waals surface area contributed by atoms with Crippen molar-refractivity contribution in [2.45, 2.75) is 67.7 Å². The molecule has 190 valence electrons. The van der Waals surface area contributed by atoms with E-state index in [1.54, 1.807) is 6.07 Å². The second kappa shape index (κ2) is 7.42. The van der Waals surface area contributed by atoms with Crippen LogP contribution in [-0.4, -0.2) is 67.9 Å². The monoisotopic (exact) mass is 498 g/mol. The summed E-state index contributed by atoms with van der Waals surface area (Å²) in [4.78, 5) is 24.8. The van der Waals surface area contributed by atoms with Crippen LogP contribution in [0.4, 0.5) is 0 Å². The molecule has 8 nitrogen and oxygen atoms in total. The lowest BCUT2D eigenvalue weighted by Gasteiger charge is -2.64. The first-order valence-electron chi connectivity index (χ1n) is 13.5. The molecule has 37 heavy (non-hydrogen) atoms. The topological polar surface area (TPSA) is 108 Å². The van der Waals surface area contributed by atoms with E-state index < -0.39 is 17.1 Å². The molecule has 5 atom stereocenters. The SMILES string of the molecule is O=C(N[C@@H]1CC[C@@]2(O)C3Cc4ccc(O)c5c4[C@@]2(CCN3CC2CC2)[C@H]1O5)c1cnc2ccccc2n1. The molecule has 2 bridgehead atoms. The Labute approximate surface area is 214 Å². The molecule has 5 aliphatic rings. The van der Waals surface area contributed by atoms with Gasteiger partial charge in [-0.25, -0.2) is 4.98 Å². The van der Waals surface area contributed by atoms with Crippen molar-refractivity contribution in [2.75, 3.05) is 13.1 Å². The van der Waals surface area contributed by atoms with E-state index in [2.05, 4.69) is 20.2 Å². The number of aliphatic hydroxyl groups is 1. The summed E-state index contributed by atoms with van der Waals surface area (Å²) in [5.74, 6) is 1.03. The number of aromatic hydroxyl groups is 1. The molecule has 8 heteroatoms. The highest BCUT2D eigenvalue weighted by molar-refractivity contribution is 5.94. The molecular weight excluding hydrogens is 468 g/mol. The number of carbonyl (C=O) groups is 1. The van der Waals surface area contributed by atoms with Crippen LogP contribution in [0.25, 0.3) is 11.0 Å². The maximum atomic E-state index is 13.4. The van der Waals surface area contributed by atoms with E-state index in [1.165, 1.54) is 19.0 Å². The largest absolute Gasteiger partial charge is 0.504 e. The van der Waals surface area contributed by atoms with Crippen molar-refractivity contribution in [3.8, 4) is 11.5 Å². The van der Waals surface area contributed by atoms with Crippen molar-refractivity contribution in [3.05, 3.63) is 59.4 Å².